The molecule has 0 spiro atoms. The zero-order valence-electron chi connectivity index (χ0n) is 14.5. The number of hydrogen-bond donors (Lipinski definition) is 2. The molecule has 2 aromatic carbocycles. The predicted octanol–water partition coefficient (Wildman–Crippen LogP) is 4.40. The maximum absolute atomic E-state index is 12.3. The van der Waals surface area contributed by atoms with Crippen LogP contribution in [0.4, 0.5) is 17.3 Å². The second-order valence-electron chi connectivity index (χ2n) is 5.99. The molecule has 0 aliphatic heterocycles. The minimum Gasteiger partial charge on any atom is -0.324 e. The highest BCUT2D eigenvalue weighted by Crippen LogP contribution is 2.20. The van der Waals surface area contributed by atoms with E-state index in [2.05, 4.69) is 33.6 Å². The first-order chi connectivity index (χ1) is 12.0. The normalized spacial score (nSPS) is 10.4. The van der Waals surface area contributed by atoms with Gasteiger partial charge in [-0.1, -0.05) is 29.8 Å². The Hall–Kier alpha value is -3.21. The van der Waals surface area contributed by atoms with E-state index in [-0.39, 0.29) is 5.91 Å². The molecule has 3 aromatic rings. The van der Waals surface area contributed by atoms with Crippen molar-refractivity contribution >= 4 is 23.2 Å². The summed E-state index contributed by atoms with van der Waals surface area (Å²) in [5.41, 5.74) is 5.59. The molecule has 5 nitrogen and oxygen atoms in total. The van der Waals surface area contributed by atoms with Crippen LogP contribution in [0.15, 0.2) is 54.9 Å². The Bertz CT molecular complexity index is 887. The monoisotopic (exact) mass is 332 g/mol. The second-order valence-corrected chi connectivity index (χ2v) is 5.99. The Morgan fingerprint density at radius 1 is 0.920 bits per heavy atom. The third kappa shape index (κ3) is 4.01. The molecule has 0 unspecified atom stereocenters. The molecule has 0 saturated carbocycles. The summed E-state index contributed by atoms with van der Waals surface area (Å²) in [4.78, 5) is 20.7. The molecule has 25 heavy (non-hydrogen) atoms. The molecule has 126 valence electrons. The molecule has 0 fully saturated rings. The first-order valence-electron chi connectivity index (χ1n) is 8.06. The number of anilines is 3. The fraction of sp³-hybridized carbons (Fsp3) is 0.150. The van der Waals surface area contributed by atoms with Crippen LogP contribution >= 0.6 is 0 Å². The average molecular weight is 332 g/mol. The van der Waals surface area contributed by atoms with Crippen molar-refractivity contribution in [2.45, 2.75) is 20.8 Å². The lowest BCUT2D eigenvalue weighted by Gasteiger charge is -2.10. The number of hydrogen-bond acceptors (Lipinski definition) is 4. The Kier molecular flexibility index (Phi) is 4.75. The minimum absolute atomic E-state index is 0.234. The Labute approximate surface area is 147 Å². The van der Waals surface area contributed by atoms with E-state index in [1.807, 2.05) is 50.2 Å². The van der Waals surface area contributed by atoms with E-state index in [0.29, 0.717) is 11.5 Å². The van der Waals surface area contributed by atoms with Gasteiger partial charge in [-0.15, -0.1) is 0 Å². The molecule has 1 heterocycles. The number of carbonyl (C=O) groups excluding carboxylic acids is 1. The number of amides is 1. The summed E-state index contributed by atoms with van der Waals surface area (Å²) in [6, 6.07) is 13.6. The Balaban J connectivity index is 1.70. The van der Waals surface area contributed by atoms with Crippen LogP contribution in [-0.4, -0.2) is 15.9 Å². The zero-order chi connectivity index (χ0) is 17.8. The molecule has 2 N–H and O–H groups in total. The number of rotatable bonds is 4. The van der Waals surface area contributed by atoms with Gasteiger partial charge in [0.1, 0.15) is 0 Å². The maximum atomic E-state index is 12.3. The van der Waals surface area contributed by atoms with Crippen molar-refractivity contribution in [1.29, 1.82) is 0 Å². The molecule has 0 radical (unpaired) electrons. The number of benzene rings is 2. The quantitative estimate of drug-likeness (QED) is 0.743. The average Bonchev–Trinajstić information content (AvgIpc) is 2.61. The molecule has 5 heteroatoms. The highest BCUT2D eigenvalue weighted by Gasteiger charge is 2.08. The fourth-order valence-electron chi connectivity index (χ4n) is 2.36. The Morgan fingerprint density at radius 3 is 2.28 bits per heavy atom. The standard InChI is InChI=1S/C20H20N4O/c1-13-7-9-17(10-8-13)23-19(25)16-11-21-20(22-12-16)24-18-6-4-5-14(2)15(18)3/h4-12H,1-3H3,(H,23,25)(H,21,22,24). The van der Waals surface area contributed by atoms with Gasteiger partial charge in [0.25, 0.3) is 5.91 Å². The largest absolute Gasteiger partial charge is 0.324 e. The van der Waals surface area contributed by atoms with Gasteiger partial charge in [0.2, 0.25) is 5.95 Å². The summed E-state index contributed by atoms with van der Waals surface area (Å²) >= 11 is 0. The van der Waals surface area contributed by atoms with Crippen LogP contribution in [0.2, 0.25) is 0 Å². The van der Waals surface area contributed by atoms with E-state index in [1.54, 1.807) is 0 Å². The third-order valence-corrected chi connectivity index (χ3v) is 4.07. The summed E-state index contributed by atoms with van der Waals surface area (Å²) in [6.45, 7) is 6.10. The molecule has 1 amide bonds. The number of aryl methyl sites for hydroxylation is 2. The molecule has 0 bridgehead atoms. The molecule has 0 atom stereocenters. The Morgan fingerprint density at radius 2 is 1.60 bits per heavy atom. The van der Waals surface area contributed by atoms with Gasteiger partial charge in [-0.3, -0.25) is 4.79 Å². The van der Waals surface area contributed by atoms with Gasteiger partial charge < -0.3 is 10.6 Å². The van der Waals surface area contributed by atoms with Crippen LogP contribution < -0.4 is 10.6 Å². The van der Waals surface area contributed by atoms with Crippen molar-refractivity contribution < 1.29 is 4.79 Å². The highest BCUT2D eigenvalue weighted by atomic mass is 16.1. The van der Waals surface area contributed by atoms with Gasteiger partial charge in [0, 0.05) is 23.8 Å². The number of nitrogens with zero attached hydrogens (tertiary/aromatic N) is 2. The van der Waals surface area contributed by atoms with Crippen LogP contribution in [0, 0.1) is 20.8 Å². The van der Waals surface area contributed by atoms with Crippen molar-refractivity contribution in [1.82, 2.24) is 9.97 Å². The summed E-state index contributed by atoms with van der Waals surface area (Å²) in [5, 5.41) is 6.01. The van der Waals surface area contributed by atoms with Gasteiger partial charge in [-0.2, -0.15) is 0 Å². The van der Waals surface area contributed by atoms with Crippen molar-refractivity contribution in [3.63, 3.8) is 0 Å². The van der Waals surface area contributed by atoms with E-state index in [1.165, 1.54) is 18.0 Å². The molecule has 1 aromatic heterocycles. The van der Waals surface area contributed by atoms with Crippen LogP contribution in [0.5, 0.6) is 0 Å². The summed E-state index contributed by atoms with van der Waals surface area (Å²) in [6.07, 6.45) is 3.04. The first-order valence-corrected chi connectivity index (χ1v) is 8.06. The SMILES string of the molecule is Cc1ccc(NC(=O)c2cnc(Nc3cccc(C)c3C)nc2)cc1. The fourth-order valence-corrected chi connectivity index (χ4v) is 2.36. The molecule has 3 rings (SSSR count). The van der Waals surface area contributed by atoms with Crippen LogP contribution in [-0.2, 0) is 0 Å². The van der Waals surface area contributed by atoms with Crippen molar-refractivity contribution in [2.24, 2.45) is 0 Å². The van der Waals surface area contributed by atoms with Crippen molar-refractivity contribution in [3.05, 3.63) is 77.1 Å². The topological polar surface area (TPSA) is 66.9 Å². The van der Waals surface area contributed by atoms with Gasteiger partial charge >= 0.3 is 0 Å². The molecule has 0 aliphatic carbocycles. The van der Waals surface area contributed by atoms with E-state index >= 15 is 0 Å². The summed E-state index contributed by atoms with van der Waals surface area (Å²) in [5.74, 6) is 0.225. The van der Waals surface area contributed by atoms with E-state index in [9.17, 15) is 4.79 Å². The third-order valence-electron chi connectivity index (χ3n) is 4.07. The number of carbonyl (C=O) groups is 1. The second kappa shape index (κ2) is 7.13. The smallest absolute Gasteiger partial charge is 0.258 e. The van der Waals surface area contributed by atoms with Crippen molar-refractivity contribution in [2.75, 3.05) is 10.6 Å². The predicted molar refractivity (Wildman–Crippen MR) is 100 cm³/mol. The zero-order valence-corrected chi connectivity index (χ0v) is 14.5. The molecule has 0 aliphatic rings. The van der Waals surface area contributed by atoms with Gasteiger partial charge in [0.05, 0.1) is 5.56 Å². The van der Waals surface area contributed by atoms with Crippen molar-refractivity contribution in [3.8, 4) is 0 Å². The maximum Gasteiger partial charge on any atom is 0.258 e. The summed E-state index contributed by atoms with van der Waals surface area (Å²) in [7, 11) is 0. The molecule has 0 saturated heterocycles. The van der Waals surface area contributed by atoms with E-state index < -0.39 is 0 Å². The lowest BCUT2D eigenvalue weighted by Crippen LogP contribution is -2.13. The van der Waals surface area contributed by atoms with Gasteiger partial charge in [-0.05, 0) is 50.1 Å². The van der Waals surface area contributed by atoms with Crippen LogP contribution in [0.3, 0.4) is 0 Å². The van der Waals surface area contributed by atoms with Crippen LogP contribution in [0.1, 0.15) is 27.0 Å². The first kappa shape index (κ1) is 16.6. The highest BCUT2D eigenvalue weighted by molar-refractivity contribution is 6.03. The molecular formula is C20H20N4O. The van der Waals surface area contributed by atoms with Crippen LogP contribution in [0.25, 0.3) is 0 Å². The lowest BCUT2D eigenvalue weighted by atomic mass is 10.1. The van der Waals surface area contributed by atoms with Gasteiger partial charge in [-0.25, -0.2) is 9.97 Å². The minimum atomic E-state index is -0.234. The number of aromatic nitrogens is 2. The number of nitrogens with one attached hydrogen (secondary N) is 2. The summed E-state index contributed by atoms with van der Waals surface area (Å²) < 4.78 is 0. The van der Waals surface area contributed by atoms with Gasteiger partial charge in [0.15, 0.2) is 0 Å². The molecular weight excluding hydrogens is 312 g/mol. The van der Waals surface area contributed by atoms with E-state index in [0.717, 1.165) is 22.5 Å². The lowest BCUT2D eigenvalue weighted by molar-refractivity contribution is 0.102. The van der Waals surface area contributed by atoms with E-state index in [4.69, 9.17) is 0 Å².